The highest BCUT2D eigenvalue weighted by Crippen LogP contribution is 2.36. The first-order valence-electron chi connectivity index (χ1n) is 8.05. The molecule has 27 heavy (non-hydrogen) atoms. The minimum Gasteiger partial charge on any atom is -0.346 e. The van der Waals surface area contributed by atoms with Crippen molar-refractivity contribution in [3.8, 4) is 0 Å². The first-order valence-corrected chi connectivity index (χ1v) is 10.9. The van der Waals surface area contributed by atoms with E-state index in [1.54, 1.807) is 30.3 Å². The Kier molecular flexibility index (Phi) is 6.45. The molecule has 140 valence electrons. The molecular formula is C19H16ClFNO3PS. The van der Waals surface area contributed by atoms with Gasteiger partial charge in [0.05, 0.1) is 5.92 Å². The van der Waals surface area contributed by atoms with Crippen molar-refractivity contribution < 1.29 is 18.6 Å². The summed E-state index contributed by atoms with van der Waals surface area (Å²) in [6.07, 6.45) is 2.80. The van der Waals surface area contributed by atoms with Crippen LogP contribution in [0.3, 0.4) is 0 Å². The fourth-order valence-corrected chi connectivity index (χ4v) is 4.66. The number of nitrogens with one attached hydrogen (secondary N) is 1. The normalized spacial score (nSPS) is 13.7. The van der Waals surface area contributed by atoms with Crippen LogP contribution in [0.2, 0.25) is 5.02 Å². The largest absolute Gasteiger partial charge is 0.346 e. The third-order valence-corrected chi connectivity index (χ3v) is 5.96. The second kappa shape index (κ2) is 8.81. The summed E-state index contributed by atoms with van der Waals surface area (Å²) in [4.78, 5) is 22.1. The number of amides is 1. The van der Waals surface area contributed by atoms with Crippen molar-refractivity contribution in [1.29, 1.82) is 0 Å². The van der Waals surface area contributed by atoms with E-state index in [2.05, 4.69) is 5.32 Å². The van der Waals surface area contributed by atoms with Crippen LogP contribution in [0, 0.1) is 5.82 Å². The fraction of sp³-hybridized carbons (Fsp3) is 0.105. The lowest BCUT2D eigenvalue weighted by molar-refractivity contribution is -0.121. The van der Waals surface area contributed by atoms with Crippen LogP contribution in [-0.4, -0.2) is 17.0 Å². The lowest BCUT2D eigenvalue weighted by atomic mass is 9.99. The molecule has 0 aliphatic carbocycles. The maximum atomic E-state index is 13.2. The third-order valence-electron chi connectivity index (χ3n) is 3.99. The van der Waals surface area contributed by atoms with Crippen LogP contribution in [0.5, 0.6) is 0 Å². The number of carbonyl (C=O) groups is 1. The molecule has 0 fully saturated rings. The van der Waals surface area contributed by atoms with E-state index < -0.39 is 19.9 Å². The standard InChI is InChI=1S/C19H16ClFNO3PS/c20-13-4-5-18-15(9-13)17(11-27-18)16(10-26(24)25)19(23)22-7-6-12-2-1-3-14(21)8-12/h1-9,11,16,26H,10H2,(H,22,23)(H,24,25)/b7-6+. The molecule has 0 spiro atoms. The SMILES string of the molecule is O=C(N/C=C/c1cccc(F)c1)C(C[PH](=O)O)c1csc2ccc(Cl)cc12. The van der Waals surface area contributed by atoms with Crippen molar-refractivity contribution in [3.63, 3.8) is 0 Å². The first kappa shape index (κ1) is 19.8. The van der Waals surface area contributed by atoms with Crippen LogP contribution in [0.4, 0.5) is 4.39 Å². The van der Waals surface area contributed by atoms with Gasteiger partial charge in [0.2, 0.25) is 5.91 Å². The lowest BCUT2D eigenvalue weighted by Gasteiger charge is -2.14. The average molecular weight is 424 g/mol. The summed E-state index contributed by atoms with van der Waals surface area (Å²) in [7, 11) is -2.88. The number of benzene rings is 2. The Morgan fingerprint density at radius 2 is 2.15 bits per heavy atom. The van der Waals surface area contributed by atoms with Crippen molar-refractivity contribution in [2.75, 3.05) is 6.16 Å². The molecule has 3 aromatic rings. The number of hydrogen-bond acceptors (Lipinski definition) is 3. The summed E-state index contributed by atoms with van der Waals surface area (Å²) in [5.41, 5.74) is 1.26. The fourth-order valence-electron chi connectivity index (χ4n) is 2.74. The van der Waals surface area contributed by atoms with E-state index in [4.69, 9.17) is 11.6 Å². The van der Waals surface area contributed by atoms with Crippen molar-refractivity contribution in [1.82, 2.24) is 5.32 Å². The predicted octanol–water partition coefficient (Wildman–Crippen LogP) is 5.03. The molecule has 2 aromatic carbocycles. The number of rotatable bonds is 6. The summed E-state index contributed by atoms with van der Waals surface area (Å²) in [6, 6.07) is 11.3. The molecule has 2 unspecified atom stereocenters. The molecule has 0 aliphatic heterocycles. The van der Waals surface area contributed by atoms with Gasteiger partial charge in [0.1, 0.15) is 5.82 Å². The predicted molar refractivity (Wildman–Crippen MR) is 109 cm³/mol. The average Bonchev–Trinajstić information content (AvgIpc) is 3.02. The second-order valence-electron chi connectivity index (χ2n) is 5.88. The van der Waals surface area contributed by atoms with Crippen LogP contribution in [0.25, 0.3) is 16.2 Å². The quantitative estimate of drug-likeness (QED) is 0.546. The third kappa shape index (κ3) is 5.05. The number of fused-ring (bicyclic) bond motifs is 1. The highest BCUT2D eigenvalue weighted by molar-refractivity contribution is 7.38. The van der Waals surface area contributed by atoms with Gasteiger partial charge < -0.3 is 10.2 Å². The minimum atomic E-state index is -2.88. The van der Waals surface area contributed by atoms with Gasteiger partial charge in [-0.05, 0) is 58.3 Å². The topological polar surface area (TPSA) is 66.4 Å². The van der Waals surface area contributed by atoms with Gasteiger partial charge in [-0.3, -0.25) is 9.36 Å². The molecule has 1 aromatic heterocycles. The van der Waals surface area contributed by atoms with Gasteiger partial charge >= 0.3 is 0 Å². The van der Waals surface area contributed by atoms with Crippen LogP contribution >= 0.6 is 31.0 Å². The van der Waals surface area contributed by atoms with Gasteiger partial charge in [-0.25, -0.2) is 4.39 Å². The monoisotopic (exact) mass is 423 g/mol. The second-order valence-corrected chi connectivity index (χ2v) is 8.42. The van der Waals surface area contributed by atoms with Gasteiger partial charge in [0.25, 0.3) is 0 Å². The molecule has 2 atom stereocenters. The maximum absolute atomic E-state index is 13.2. The van der Waals surface area contributed by atoms with E-state index in [0.29, 0.717) is 16.1 Å². The van der Waals surface area contributed by atoms with Crippen molar-refractivity contribution in [2.24, 2.45) is 0 Å². The van der Waals surface area contributed by atoms with Crippen LogP contribution in [0.1, 0.15) is 17.0 Å². The van der Waals surface area contributed by atoms with E-state index >= 15 is 0 Å². The molecule has 0 saturated heterocycles. The summed E-state index contributed by atoms with van der Waals surface area (Å²) in [5.74, 6) is -1.57. The number of carbonyl (C=O) groups excluding carboxylic acids is 1. The van der Waals surface area contributed by atoms with E-state index in [1.165, 1.54) is 29.7 Å². The van der Waals surface area contributed by atoms with E-state index in [9.17, 15) is 18.6 Å². The number of thiophene rings is 1. The van der Waals surface area contributed by atoms with Gasteiger partial charge in [-0.1, -0.05) is 23.7 Å². The Bertz CT molecular complexity index is 1040. The zero-order valence-electron chi connectivity index (χ0n) is 14.0. The summed E-state index contributed by atoms with van der Waals surface area (Å²) in [6.45, 7) is 0. The molecule has 8 heteroatoms. The van der Waals surface area contributed by atoms with Crippen LogP contribution < -0.4 is 5.32 Å². The molecule has 0 aliphatic rings. The molecule has 1 amide bonds. The van der Waals surface area contributed by atoms with Gasteiger partial charge in [-0.2, -0.15) is 0 Å². The number of hydrogen-bond donors (Lipinski definition) is 2. The Labute approximate surface area is 165 Å². The highest BCUT2D eigenvalue weighted by Gasteiger charge is 2.25. The summed E-state index contributed by atoms with van der Waals surface area (Å²) >= 11 is 7.51. The van der Waals surface area contributed by atoms with E-state index in [0.717, 1.165) is 10.1 Å². The Morgan fingerprint density at radius 3 is 2.89 bits per heavy atom. The van der Waals surface area contributed by atoms with Gasteiger partial charge in [0.15, 0.2) is 8.03 Å². The van der Waals surface area contributed by atoms with Crippen molar-refractivity contribution >= 4 is 53.0 Å². The molecule has 0 radical (unpaired) electrons. The zero-order chi connectivity index (χ0) is 19.4. The number of halogens is 2. The Hall–Kier alpha value is -1.98. The lowest BCUT2D eigenvalue weighted by Crippen LogP contribution is -2.26. The molecule has 4 nitrogen and oxygen atoms in total. The summed E-state index contributed by atoms with van der Waals surface area (Å²) in [5, 5.41) is 5.76. The smallest absolute Gasteiger partial charge is 0.232 e. The Morgan fingerprint density at radius 1 is 1.33 bits per heavy atom. The van der Waals surface area contributed by atoms with E-state index in [-0.39, 0.29) is 12.0 Å². The maximum Gasteiger partial charge on any atom is 0.232 e. The van der Waals surface area contributed by atoms with Crippen LogP contribution in [0.15, 0.2) is 54.0 Å². The minimum absolute atomic E-state index is 0.164. The molecule has 1 heterocycles. The molecule has 3 rings (SSSR count). The van der Waals surface area contributed by atoms with Gasteiger partial charge in [-0.15, -0.1) is 11.3 Å². The zero-order valence-corrected chi connectivity index (χ0v) is 16.6. The van der Waals surface area contributed by atoms with Gasteiger partial charge in [0, 0.05) is 22.1 Å². The highest BCUT2D eigenvalue weighted by atomic mass is 35.5. The molecule has 2 N–H and O–H groups in total. The first-order chi connectivity index (χ1) is 12.9. The molecule has 0 bridgehead atoms. The Balaban J connectivity index is 1.84. The van der Waals surface area contributed by atoms with Crippen molar-refractivity contribution in [3.05, 3.63) is 76.0 Å². The summed E-state index contributed by atoms with van der Waals surface area (Å²) < 4.78 is 25.6. The van der Waals surface area contributed by atoms with Crippen LogP contribution in [-0.2, 0) is 9.36 Å². The molecule has 0 saturated carbocycles. The van der Waals surface area contributed by atoms with Crippen molar-refractivity contribution in [2.45, 2.75) is 5.92 Å². The van der Waals surface area contributed by atoms with E-state index in [1.807, 2.05) is 11.4 Å². The molecular weight excluding hydrogens is 408 g/mol.